The number of para-hydroxylation sites is 1. The van der Waals surface area contributed by atoms with E-state index in [4.69, 9.17) is 0 Å². The number of thioether (sulfide) groups is 1. The van der Waals surface area contributed by atoms with Crippen molar-refractivity contribution in [1.82, 2.24) is 0 Å². The number of carbonyl (C=O) groups excluding carboxylic acids is 2. The summed E-state index contributed by atoms with van der Waals surface area (Å²) in [7, 11) is 0. The number of nitrogens with one attached hydrogen (secondary N) is 1. The monoisotopic (exact) mass is 390 g/mol. The smallest absolute Gasteiger partial charge is 0.387 e. The summed E-state index contributed by atoms with van der Waals surface area (Å²) in [5.74, 6) is -0.0898. The van der Waals surface area contributed by atoms with Crippen molar-refractivity contribution in [3.63, 3.8) is 0 Å². The van der Waals surface area contributed by atoms with E-state index in [0.29, 0.717) is 35.7 Å². The lowest BCUT2D eigenvalue weighted by Crippen LogP contribution is -2.36. The summed E-state index contributed by atoms with van der Waals surface area (Å²) in [5, 5.41) is 2.76. The molecular weight excluding hydrogens is 374 g/mol. The minimum Gasteiger partial charge on any atom is -0.433 e. The average molecular weight is 390 g/mol. The number of fused-ring (bicyclic) bond motifs is 2. The van der Waals surface area contributed by atoms with Crippen molar-refractivity contribution in [3.05, 3.63) is 47.5 Å². The van der Waals surface area contributed by atoms with Crippen LogP contribution >= 0.6 is 11.8 Å². The predicted octanol–water partition coefficient (Wildman–Crippen LogP) is 3.93. The molecule has 1 N–H and O–H groups in total. The Morgan fingerprint density at radius 3 is 2.93 bits per heavy atom. The van der Waals surface area contributed by atoms with Crippen LogP contribution in [-0.2, 0) is 11.2 Å². The highest BCUT2D eigenvalue weighted by Crippen LogP contribution is 2.39. The third-order valence-corrected chi connectivity index (χ3v) is 5.57. The molecule has 0 saturated heterocycles. The quantitative estimate of drug-likeness (QED) is 0.863. The van der Waals surface area contributed by atoms with Gasteiger partial charge in [-0.3, -0.25) is 9.59 Å². The number of hydrogen-bond donors (Lipinski definition) is 1. The number of amides is 2. The minimum atomic E-state index is -2.97. The summed E-state index contributed by atoms with van der Waals surface area (Å²) in [6.45, 7) is -2.56. The van der Waals surface area contributed by atoms with Crippen LogP contribution in [-0.4, -0.2) is 30.7 Å². The van der Waals surface area contributed by atoms with Gasteiger partial charge in [0.25, 0.3) is 5.91 Å². The average Bonchev–Trinajstić information content (AvgIpc) is 2.66. The second-order valence-electron chi connectivity index (χ2n) is 6.25. The van der Waals surface area contributed by atoms with Crippen molar-refractivity contribution < 1.29 is 23.1 Å². The number of ether oxygens (including phenoxy) is 1. The molecule has 2 heterocycles. The maximum Gasteiger partial charge on any atom is 0.387 e. The third-order valence-electron chi connectivity index (χ3n) is 4.50. The molecular formula is C19H16F2N2O3S. The number of rotatable bonds is 3. The van der Waals surface area contributed by atoms with Crippen LogP contribution in [0.4, 0.5) is 20.2 Å². The van der Waals surface area contributed by atoms with E-state index in [1.54, 1.807) is 24.3 Å². The first-order valence-corrected chi connectivity index (χ1v) is 9.47. The molecule has 5 nitrogen and oxygen atoms in total. The summed E-state index contributed by atoms with van der Waals surface area (Å²) in [6, 6.07) is 10.0. The topological polar surface area (TPSA) is 58.6 Å². The molecule has 2 aromatic rings. The minimum absolute atomic E-state index is 0.00244. The maximum atomic E-state index is 13.1. The van der Waals surface area contributed by atoms with Gasteiger partial charge in [-0.15, -0.1) is 11.8 Å². The molecule has 2 aromatic carbocycles. The lowest BCUT2D eigenvalue weighted by atomic mass is 10.00. The van der Waals surface area contributed by atoms with Gasteiger partial charge in [-0.2, -0.15) is 8.78 Å². The Hall–Kier alpha value is -2.61. The van der Waals surface area contributed by atoms with Crippen molar-refractivity contribution >= 4 is 35.0 Å². The van der Waals surface area contributed by atoms with Crippen LogP contribution in [0.1, 0.15) is 22.3 Å². The van der Waals surface area contributed by atoms with Gasteiger partial charge in [0.2, 0.25) is 5.91 Å². The van der Waals surface area contributed by atoms with Gasteiger partial charge in [0.1, 0.15) is 5.75 Å². The van der Waals surface area contributed by atoms with Gasteiger partial charge >= 0.3 is 6.61 Å². The number of alkyl halides is 2. The van der Waals surface area contributed by atoms with Gasteiger partial charge in [0.15, 0.2) is 0 Å². The molecule has 8 heteroatoms. The van der Waals surface area contributed by atoms with E-state index in [-0.39, 0.29) is 17.6 Å². The first-order chi connectivity index (χ1) is 13.0. The standard InChI is InChI=1S/C19H16F2N2O3S/c20-19(21)26-14-5-1-3-11-4-2-8-23(17(11)14)18(25)12-6-7-15-13(9-12)22-16(24)10-27-15/h1,3,5-7,9,19H,2,4,8,10H2,(H,22,24). The molecule has 0 saturated carbocycles. The second-order valence-corrected chi connectivity index (χ2v) is 7.27. The molecule has 0 unspecified atom stereocenters. The van der Waals surface area contributed by atoms with Crippen molar-refractivity contribution in [2.75, 3.05) is 22.5 Å². The molecule has 0 fully saturated rings. The molecule has 0 aromatic heterocycles. The number of carbonyl (C=O) groups is 2. The molecule has 140 valence electrons. The predicted molar refractivity (Wildman–Crippen MR) is 98.9 cm³/mol. The molecule has 2 amide bonds. The molecule has 0 aliphatic carbocycles. The first-order valence-electron chi connectivity index (χ1n) is 8.48. The van der Waals surface area contributed by atoms with Gasteiger partial charge in [0, 0.05) is 17.0 Å². The van der Waals surface area contributed by atoms with Crippen LogP contribution in [0, 0.1) is 0 Å². The Labute approximate surface area is 158 Å². The Balaban J connectivity index is 1.70. The lowest BCUT2D eigenvalue weighted by molar-refractivity contribution is -0.113. The van der Waals surface area contributed by atoms with Crippen molar-refractivity contribution in [2.45, 2.75) is 24.3 Å². The zero-order valence-corrected chi connectivity index (χ0v) is 15.0. The molecule has 27 heavy (non-hydrogen) atoms. The highest BCUT2D eigenvalue weighted by atomic mass is 32.2. The molecule has 0 bridgehead atoms. The Morgan fingerprint density at radius 1 is 1.26 bits per heavy atom. The fourth-order valence-corrected chi connectivity index (χ4v) is 4.17. The van der Waals surface area contributed by atoms with Crippen LogP contribution < -0.4 is 15.0 Å². The van der Waals surface area contributed by atoms with Gasteiger partial charge in [-0.05, 0) is 42.7 Å². The van der Waals surface area contributed by atoms with Crippen LogP contribution in [0.25, 0.3) is 0 Å². The molecule has 0 atom stereocenters. The van der Waals surface area contributed by atoms with E-state index < -0.39 is 6.61 Å². The van der Waals surface area contributed by atoms with Crippen LogP contribution in [0.3, 0.4) is 0 Å². The summed E-state index contributed by atoms with van der Waals surface area (Å²) in [4.78, 5) is 27.1. The molecule has 0 spiro atoms. The van der Waals surface area contributed by atoms with Gasteiger partial charge in [-0.25, -0.2) is 0 Å². The Kier molecular flexibility index (Phi) is 4.73. The first kappa shape index (κ1) is 17.8. The normalized spacial score (nSPS) is 15.8. The fraction of sp³-hybridized carbons (Fsp3) is 0.263. The summed E-state index contributed by atoms with van der Waals surface area (Å²) in [6.07, 6.45) is 1.42. The summed E-state index contributed by atoms with van der Waals surface area (Å²) < 4.78 is 30.2. The van der Waals surface area contributed by atoms with Crippen LogP contribution in [0.5, 0.6) is 5.75 Å². The van der Waals surface area contributed by atoms with Crippen molar-refractivity contribution in [1.29, 1.82) is 0 Å². The van der Waals surface area contributed by atoms with E-state index in [1.807, 2.05) is 6.07 Å². The van der Waals surface area contributed by atoms with E-state index in [9.17, 15) is 18.4 Å². The van der Waals surface area contributed by atoms with Crippen molar-refractivity contribution in [3.8, 4) is 5.75 Å². The van der Waals surface area contributed by atoms with Gasteiger partial charge < -0.3 is 15.0 Å². The summed E-state index contributed by atoms with van der Waals surface area (Å²) in [5.41, 5.74) is 2.17. The second kappa shape index (κ2) is 7.19. The zero-order chi connectivity index (χ0) is 19.0. The number of benzene rings is 2. The van der Waals surface area contributed by atoms with Crippen LogP contribution in [0.2, 0.25) is 0 Å². The lowest BCUT2D eigenvalue weighted by Gasteiger charge is -2.31. The van der Waals surface area contributed by atoms with Crippen LogP contribution in [0.15, 0.2) is 41.3 Å². The molecule has 2 aliphatic heterocycles. The molecule has 0 radical (unpaired) electrons. The number of halogens is 2. The van der Waals surface area contributed by atoms with E-state index in [0.717, 1.165) is 16.9 Å². The Bertz CT molecular complexity index is 920. The number of hydrogen-bond acceptors (Lipinski definition) is 4. The highest BCUT2D eigenvalue weighted by Gasteiger charge is 2.28. The van der Waals surface area contributed by atoms with E-state index >= 15 is 0 Å². The SMILES string of the molecule is O=C1CSc2ccc(C(=O)N3CCCc4cccc(OC(F)F)c43)cc2N1. The van der Waals surface area contributed by atoms with Gasteiger partial charge in [-0.1, -0.05) is 12.1 Å². The molecule has 4 rings (SSSR count). The number of anilines is 2. The zero-order valence-electron chi connectivity index (χ0n) is 14.2. The maximum absolute atomic E-state index is 13.1. The largest absolute Gasteiger partial charge is 0.433 e. The highest BCUT2D eigenvalue weighted by molar-refractivity contribution is 8.00. The van der Waals surface area contributed by atoms with E-state index in [2.05, 4.69) is 10.1 Å². The number of nitrogens with zero attached hydrogens (tertiary/aromatic N) is 1. The summed E-state index contributed by atoms with van der Waals surface area (Å²) >= 11 is 1.41. The third kappa shape index (κ3) is 3.49. The Morgan fingerprint density at radius 2 is 2.11 bits per heavy atom. The molecule has 2 aliphatic rings. The van der Waals surface area contributed by atoms with E-state index in [1.165, 1.54) is 22.7 Å². The number of aryl methyl sites for hydroxylation is 1. The van der Waals surface area contributed by atoms with Crippen molar-refractivity contribution in [2.24, 2.45) is 0 Å². The van der Waals surface area contributed by atoms with Gasteiger partial charge in [0.05, 0.1) is 17.1 Å². The fourth-order valence-electron chi connectivity index (χ4n) is 3.38.